The van der Waals surface area contributed by atoms with Crippen LogP contribution in [0.5, 0.6) is 0 Å². The first kappa shape index (κ1) is 17.5. The number of aromatic nitrogens is 1. The van der Waals surface area contributed by atoms with E-state index in [2.05, 4.69) is 17.2 Å². The van der Waals surface area contributed by atoms with E-state index in [-0.39, 0.29) is 12.1 Å². The van der Waals surface area contributed by atoms with Gasteiger partial charge < -0.3 is 19.4 Å². The molecule has 0 aliphatic carbocycles. The molecule has 0 radical (unpaired) electrons. The summed E-state index contributed by atoms with van der Waals surface area (Å²) >= 11 is 0. The van der Waals surface area contributed by atoms with Gasteiger partial charge in [0.15, 0.2) is 0 Å². The molecular formula is C19H25N3O3. The summed E-state index contributed by atoms with van der Waals surface area (Å²) in [6, 6.07) is 5.65. The van der Waals surface area contributed by atoms with Crippen LogP contribution in [0.15, 0.2) is 28.9 Å². The van der Waals surface area contributed by atoms with Gasteiger partial charge in [-0.2, -0.15) is 0 Å². The van der Waals surface area contributed by atoms with E-state index in [1.165, 1.54) is 0 Å². The highest BCUT2D eigenvalue weighted by atomic mass is 16.5. The average molecular weight is 343 g/mol. The van der Waals surface area contributed by atoms with Crippen molar-refractivity contribution in [1.29, 1.82) is 0 Å². The molecule has 2 aromatic rings. The zero-order valence-corrected chi connectivity index (χ0v) is 15.2. The van der Waals surface area contributed by atoms with E-state index in [0.29, 0.717) is 18.4 Å². The molecule has 1 saturated heterocycles. The number of hydrogen-bond donors (Lipinski definition) is 1. The molecule has 1 aliphatic rings. The Hall–Kier alpha value is -2.34. The molecule has 0 spiro atoms. The Morgan fingerprint density at radius 1 is 1.40 bits per heavy atom. The molecule has 0 bridgehead atoms. The van der Waals surface area contributed by atoms with E-state index in [0.717, 1.165) is 35.5 Å². The summed E-state index contributed by atoms with van der Waals surface area (Å²) in [5, 5.41) is 2.98. The first-order valence-electron chi connectivity index (χ1n) is 8.60. The lowest BCUT2D eigenvalue weighted by Gasteiger charge is -2.36. The van der Waals surface area contributed by atoms with E-state index in [1.54, 1.807) is 13.4 Å². The minimum Gasteiger partial charge on any atom is -0.444 e. The van der Waals surface area contributed by atoms with E-state index in [9.17, 15) is 4.79 Å². The summed E-state index contributed by atoms with van der Waals surface area (Å²) < 4.78 is 11.0. The maximum absolute atomic E-state index is 12.6. The molecule has 2 heterocycles. The van der Waals surface area contributed by atoms with Gasteiger partial charge in [-0.25, -0.2) is 9.78 Å². The van der Waals surface area contributed by atoms with E-state index in [1.807, 2.05) is 36.9 Å². The van der Waals surface area contributed by atoms with Crippen LogP contribution in [0.4, 0.5) is 10.5 Å². The number of likely N-dealkylation sites (tertiary alicyclic amines) is 1. The molecule has 25 heavy (non-hydrogen) atoms. The zero-order valence-electron chi connectivity index (χ0n) is 15.2. The number of hydrogen-bond acceptors (Lipinski definition) is 4. The monoisotopic (exact) mass is 343 g/mol. The van der Waals surface area contributed by atoms with Crippen LogP contribution in [0.2, 0.25) is 0 Å². The lowest BCUT2D eigenvalue weighted by Crippen LogP contribution is -2.48. The van der Waals surface area contributed by atoms with Crippen molar-refractivity contribution < 1.29 is 13.9 Å². The van der Waals surface area contributed by atoms with Crippen molar-refractivity contribution in [2.45, 2.75) is 33.3 Å². The zero-order chi connectivity index (χ0) is 18.0. The fourth-order valence-corrected chi connectivity index (χ4v) is 3.14. The van der Waals surface area contributed by atoms with Crippen molar-refractivity contribution in [3.8, 4) is 11.5 Å². The highest BCUT2D eigenvalue weighted by Crippen LogP contribution is 2.27. The summed E-state index contributed by atoms with van der Waals surface area (Å²) in [6.45, 7) is 7.40. The Morgan fingerprint density at radius 3 is 2.88 bits per heavy atom. The maximum Gasteiger partial charge on any atom is 0.321 e. The number of piperidine rings is 1. The fraction of sp³-hybridized carbons (Fsp3) is 0.474. The van der Waals surface area contributed by atoms with Gasteiger partial charge in [-0.05, 0) is 43.9 Å². The quantitative estimate of drug-likeness (QED) is 0.919. The molecule has 1 fully saturated rings. The molecule has 0 saturated carbocycles. The number of carbonyl (C=O) groups excluding carboxylic acids is 1. The van der Waals surface area contributed by atoms with E-state index in [4.69, 9.17) is 9.15 Å². The third-order valence-corrected chi connectivity index (χ3v) is 4.82. The first-order valence-corrected chi connectivity index (χ1v) is 8.60. The summed E-state index contributed by atoms with van der Waals surface area (Å²) in [7, 11) is 1.70. The van der Waals surface area contributed by atoms with Crippen LogP contribution in [0.3, 0.4) is 0 Å². The SMILES string of the molecule is CO[C@H]1CN(C(=O)Nc2ccc(C)c(-c3nc(C)co3)c2)CC[C@@H]1C. The van der Waals surface area contributed by atoms with Crippen LogP contribution >= 0.6 is 0 Å². The van der Waals surface area contributed by atoms with Gasteiger partial charge in [-0.1, -0.05) is 13.0 Å². The Labute approximate surface area is 148 Å². The number of urea groups is 1. The van der Waals surface area contributed by atoms with Crippen molar-refractivity contribution in [1.82, 2.24) is 9.88 Å². The fourth-order valence-electron chi connectivity index (χ4n) is 3.14. The average Bonchev–Trinajstić information content (AvgIpc) is 3.03. The number of anilines is 1. The van der Waals surface area contributed by atoms with Crippen LogP contribution < -0.4 is 5.32 Å². The number of benzene rings is 1. The van der Waals surface area contributed by atoms with Gasteiger partial charge in [0.05, 0.1) is 11.8 Å². The van der Waals surface area contributed by atoms with Crippen LogP contribution in [0.25, 0.3) is 11.5 Å². The van der Waals surface area contributed by atoms with Crippen molar-refractivity contribution >= 4 is 11.7 Å². The second-order valence-corrected chi connectivity index (χ2v) is 6.74. The largest absolute Gasteiger partial charge is 0.444 e. The van der Waals surface area contributed by atoms with Crippen molar-refractivity contribution in [3.63, 3.8) is 0 Å². The van der Waals surface area contributed by atoms with Crippen LogP contribution in [0, 0.1) is 19.8 Å². The number of aryl methyl sites for hydroxylation is 2. The normalized spacial score (nSPS) is 20.6. The Kier molecular flexibility index (Phi) is 5.08. The molecule has 2 amide bonds. The molecule has 6 heteroatoms. The van der Waals surface area contributed by atoms with Gasteiger partial charge >= 0.3 is 6.03 Å². The van der Waals surface area contributed by atoms with E-state index >= 15 is 0 Å². The molecule has 1 N–H and O–H groups in total. The predicted octanol–water partition coefficient (Wildman–Crippen LogP) is 3.85. The molecule has 2 atom stereocenters. The summed E-state index contributed by atoms with van der Waals surface area (Å²) in [4.78, 5) is 18.8. The second-order valence-electron chi connectivity index (χ2n) is 6.74. The third-order valence-electron chi connectivity index (χ3n) is 4.82. The van der Waals surface area contributed by atoms with Gasteiger partial charge in [0.1, 0.15) is 6.26 Å². The van der Waals surface area contributed by atoms with Crippen molar-refractivity contribution in [2.75, 3.05) is 25.5 Å². The van der Waals surface area contributed by atoms with Crippen molar-refractivity contribution in [2.24, 2.45) is 5.92 Å². The van der Waals surface area contributed by atoms with Gasteiger partial charge in [0, 0.05) is 31.5 Å². The smallest absolute Gasteiger partial charge is 0.321 e. The first-order chi connectivity index (χ1) is 12.0. The Bertz CT molecular complexity index is 756. The van der Waals surface area contributed by atoms with Gasteiger partial charge in [0.2, 0.25) is 5.89 Å². The minimum absolute atomic E-state index is 0.0865. The number of carbonyl (C=O) groups is 1. The Balaban J connectivity index is 1.73. The number of rotatable bonds is 3. The predicted molar refractivity (Wildman–Crippen MR) is 96.6 cm³/mol. The third kappa shape index (κ3) is 3.85. The number of nitrogens with zero attached hydrogens (tertiary/aromatic N) is 2. The maximum atomic E-state index is 12.6. The molecule has 6 nitrogen and oxygen atoms in total. The number of methoxy groups -OCH3 is 1. The van der Waals surface area contributed by atoms with Crippen LogP contribution in [-0.2, 0) is 4.74 Å². The minimum atomic E-state index is -0.104. The lowest BCUT2D eigenvalue weighted by molar-refractivity contribution is 0.00896. The molecule has 1 aromatic carbocycles. The van der Waals surface area contributed by atoms with Gasteiger partial charge in [0.25, 0.3) is 0 Å². The number of nitrogens with one attached hydrogen (secondary N) is 1. The lowest BCUT2D eigenvalue weighted by atomic mass is 9.96. The topological polar surface area (TPSA) is 67.6 Å². The summed E-state index contributed by atoms with van der Waals surface area (Å²) in [5.41, 5.74) is 3.49. The number of oxazole rings is 1. The van der Waals surface area contributed by atoms with Crippen LogP contribution in [-0.4, -0.2) is 42.2 Å². The molecule has 3 rings (SSSR count). The molecular weight excluding hydrogens is 318 g/mol. The standard InChI is InChI=1S/C19H25N3O3/c1-12-5-6-15(9-16(12)18-20-14(3)11-25-18)21-19(23)22-8-7-13(2)17(10-22)24-4/h5-6,9,11,13,17H,7-8,10H2,1-4H3,(H,21,23)/t13-,17-/m0/s1. The number of amides is 2. The highest BCUT2D eigenvalue weighted by molar-refractivity contribution is 5.90. The molecule has 1 aliphatic heterocycles. The Morgan fingerprint density at radius 2 is 2.20 bits per heavy atom. The summed E-state index contributed by atoms with van der Waals surface area (Å²) in [5.74, 6) is 1.03. The number of ether oxygens (including phenoxy) is 1. The van der Waals surface area contributed by atoms with Gasteiger partial charge in [-0.15, -0.1) is 0 Å². The van der Waals surface area contributed by atoms with Gasteiger partial charge in [-0.3, -0.25) is 0 Å². The highest BCUT2D eigenvalue weighted by Gasteiger charge is 2.28. The molecule has 134 valence electrons. The van der Waals surface area contributed by atoms with E-state index < -0.39 is 0 Å². The summed E-state index contributed by atoms with van der Waals surface area (Å²) in [6.07, 6.45) is 2.66. The molecule has 1 aromatic heterocycles. The van der Waals surface area contributed by atoms with Crippen LogP contribution in [0.1, 0.15) is 24.6 Å². The molecule has 0 unspecified atom stereocenters. The second kappa shape index (κ2) is 7.27. The van der Waals surface area contributed by atoms with Crippen molar-refractivity contribution in [3.05, 3.63) is 35.7 Å².